The Morgan fingerprint density at radius 1 is 1.11 bits per heavy atom. The highest BCUT2D eigenvalue weighted by Crippen LogP contribution is 2.29. The number of anilines is 1. The van der Waals surface area contributed by atoms with Crippen LogP contribution in [0, 0.1) is 0 Å². The fourth-order valence-electron chi connectivity index (χ4n) is 4.35. The summed E-state index contributed by atoms with van der Waals surface area (Å²) in [5.41, 5.74) is 2.25. The van der Waals surface area contributed by atoms with E-state index in [1.807, 2.05) is 23.1 Å². The summed E-state index contributed by atoms with van der Waals surface area (Å²) in [6.07, 6.45) is 4.77. The fraction of sp³-hybridized carbons (Fsp3) is 0.259. The summed E-state index contributed by atoms with van der Waals surface area (Å²) in [5, 5.41) is 3.06. The highest BCUT2D eigenvalue weighted by molar-refractivity contribution is 5.96. The fourth-order valence-corrected chi connectivity index (χ4v) is 4.35. The summed E-state index contributed by atoms with van der Waals surface area (Å²) in [5.74, 6) is -0.607. The first kappa shape index (κ1) is 25.4. The van der Waals surface area contributed by atoms with E-state index in [1.54, 1.807) is 31.5 Å². The van der Waals surface area contributed by atoms with Crippen molar-refractivity contribution in [3.8, 4) is 22.6 Å². The molecule has 1 fully saturated rings. The van der Waals surface area contributed by atoms with Gasteiger partial charge in [0.2, 0.25) is 5.91 Å². The summed E-state index contributed by atoms with van der Waals surface area (Å²) >= 11 is 0. The number of nitrogens with zero attached hydrogens (tertiary/aromatic N) is 4. The first-order chi connectivity index (χ1) is 18.4. The van der Waals surface area contributed by atoms with Crippen LogP contribution in [-0.4, -0.2) is 64.3 Å². The lowest BCUT2D eigenvalue weighted by Gasteiger charge is -2.31. The van der Waals surface area contributed by atoms with Crippen LogP contribution in [0.1, 0.15) is 6.92 Å². The normalized spacial score (nSPS) is 14.9. The van der Waals surface area contributed by atoms with Crippen molar-refractivity contribution in [2.75, 3.05) is 31.6 Å². The van der Waals surface area contributed by atoms with Crippen molar-refractivity contribution < 1.29 is 23.0 Å². The highest BCUT2D eigenvalue weighted by Gasteiger charge is 2.24. The predicted molar refractivity (Wildman–Crippen MR) is 138 cm³/mol. The van der Waals surface area contributed by atoms with Crippen molar-refractivity contribution in [2.45, 2.75) is 19.6 Å². The van der Waals surface area contributed by atoms with Crippen molar-refractivity contribution in [2.24, 2.45) is 0 Å². The Balaban J connectivity index is 1.48. The van der Waals surface area contributed by atoms with Gasteiger partial charge < -0.3 is 14.8 Å². The first-order valence-corrected chi connectivity index (χ1v) is 12.0. The Morgan fingerprint density at radius 3 is 2.66 bits per heavy atom. The molecule has 3 heterocycles. The van der Waals surface area contributed by atoms with Crippen LogP contribution in [0.4, 0.5) is 14.5 Å². The van der Waals surface area contributed by atoms with Gasteiger partial charge in [-0.25, -0.2) is 4.98 Å². The molecule has 11 heteroatoms. The van der Waals surface area contributed by atoms with E-state index in [1.165, 1.54) is 29.1 Å². The smallest absolute Gasteiger partial charge is 0.387 e. The van der Waals surface area contributed by atoms with Gasteiger partial charge in [-0.3, -0.25) is 24.0 Å². The van der Waals surface area contributed by atoms with E-state index in [-0.39, 0.29) is 17.0 Å². The summed E-state index contributed by atoms with van der Waals surface area (Å²) in [4.78, 5) is 36.8. The molecule has 2 aromatic carbocycles. The third kappa shape index (κ3) is 5.38. The van der Waals surface area contributed by atoms with Gasteiger partial charge in [-0.1, -0.05) is 12.1 Å². The van der Waals surface area contributed by atoms with Crippen LogP contribution in [-0.2, 0) is 9.53 Å². The summed E-state index contributed by atoms with van der Waals surface area (Å²) in [6.45, 7) is 0.816. The largest absolute Gasteiger partial charge is 0.433 e. The van der Waals surface area contributed by atoms with Crippen molar-refractivity contribution in [3.05, 3.63) is 77.6 Å². The lowest BCUT2D eigenvalue weighted by atomic mass is 10.1. The lowest BCUT2D eigenvalue weighted by molar-refractivity contribution is -0.122. The molecule has 0 bridgehead atoms. The third-order valence-corrected chi connectivity index (χ3v) is 6.44. The van der Waals surface area contributed by atoms with Crippen LogP contribution >= 0.6 is 0 Å². The second kappa shape index (κ2) is 11.0. The number of ether oxygens (including phenoxy) is 2. The van der Waals surface area contributed by atoms with Gasteiger partial charge in [-0.05, 0) is 48.9 Å². The Bertz CT molecular complexity index is 1510. The molecule has 9 nitrogen and oxygen atoms in total. The molecule has 1 aliphatic rings. The van der Waals surface area contributed by atoms with E-state index in [9.17, 15) is 18.4 Å². The molecule has 0 radical (unpaired) electrons. The monoisotopic (exact) mass is 521 g/mol. The van der Waals surface area contributed by atoms with Gasteiger partial charge in [0.15, 0.2) is 0 Å². The Kier molecular flexibility index (Phi) is 7.38. The van der Waals surface area contributed by atoms with E-state index < -0.39 is 18.6 Å². The van der Waals surface area contributed by atoms with Crippen molar-refractivity contribution in [1.82, 2.24) is 19.4 Å². The number of fused-ring (bicyclic) bond motifs is 1. The van der Waals surface area contributed by atoms with Crippen LogP contribution in [0.5, 0.6) is 5.75 Å². The molecule has 5 rings (SSSR count). The molecule has 0 saturated carbocycles. The number of rotatable bonds is 7. The summed E-state index contributed by atoms with van der Waals surface area (Å²) in [6, 6.07) is 12.7. The van der Waals surface area contributed by atoms with Crippen molar-refractivity contribution in [1.29, 1.82) is 0 Å². The minimum absolute atomic E-state index is 0.0202. The Morgan fingerprint density at radius 2 is 1.92 bits per heavy atom. The van der Waals surface area contributed by atoms with Gasteiger partial charge in [0.25, 0.3) is 5.56 Å². The highest BCUT2D eigenvalue weighted by atomic mass is 19.3. The summed E-state index contributed by atoms with van der Waals surface area (Å²) in [7, 11) is 0. The van der Waals surface area contributed by atoms with E-state index in [4.69, 9.17) is 4.74 Å². The number of pyridine rings is 1. The number of alkyl halides is 2. The lowest BCUT2D eigenvalue weighted by Crippen LogP contribution is -2.47. The third-order valence-electron chi connectivity index (χ3n) is 6.44. The van der Waals surface area contributed by atoms with E-state index in [0.717, 1.165) is 11.1 Å². The molecule has 1 unspecified atom stereocenters. The molecule has 38 heavy (non-hydrogen) atoms. The van der Waals surface area contributed by atoms with Crippen LogP contribution in [0.15, 0.2) is 72.0 Å². The van der Waals surface area contributed by atoms with Crippen LogP contribution in [0.25, 0.3) is 27.7 Å². The molecule has 1 atom stereocenters. The second-order valence-corrected chi connectivity index (χ2v) is 8.77. The standard InChI is InChI=1S/C27H25F2N5O4/c1-17(33-9-11-37-12-10-33)25(35)32-23-14-20(5-7-24(23)38-27(28)29)34-16-31-22-13-18(4-6-21(22)26(34)36)19-3-2-8-30-15-19/h2-8,13-17,27H,9-12H2,1H3,(H,32,35). The van der Waals surface area contributed by atoms with Crippen LogP contribution < -0.4 is 15.6 Å². The molecule has 0 spiro atoms. The number of morpholine rings is 1. The number of carbonyl (C=O) groups excluding carboxylic acids is 1. The van der Waals surface area contributed by atoms with Crippen LogP contribution in [0.3, 0.4) is 0 Å². The maximum Gasteiger partial charge on any atom is 0.387 e. The molecular weight excluding hydrogens is 496 g/mol. The van der Waals surface area contributed by atoms with Crippen molar-refractivity contribution >= 4 is 22.5 Å². The van der Waals surface area contributed by atoms with Gasteiger partial charge in [0.1, 0.15) is 12.1 Å². The van der Waals surface area contributed by atoms with Gasteiger partial charge in [-0.15, -0.1) is 0 Å². The molecule has 1 saturated heterocycles. The number of amides is 1. The minimum atomic E-state index is -3.09. The van der Waals surface area contributed by atoms with Gasteiger partial charge >= 0.3 is 6.61 Å². The zero-order chi connectivity index (χ0) is 26.6. The van der Waals surface area contributed by atoms with Gasteiger partial charge in [0, 0.05) is 31.0 Å². The quantitative estimate of drug-likeness (QED) is 0.396. The molecule has 196 valence electrons. The maximum atomic E-state index is 13.3. The minimum Gasteiger partial charge on any atom is -0.433 e. The zero-order valence-corrected chi connectivity index (χ0v) is 20.5. The number of halogens is 2. The van der Waals surface area contributed by atoms with E-state index >= 15 is 0 Å². The number of hydrogen-bond donors (Lipinski definition) is 1. The molecule has 1 N–H and O–H groups in total. The van der Waals surface area contributed by atoms with Gasteiger partial charge in [-0.2, -0.15) is 8.78 Å². The number of aromatic nitrogens is 3. The van der Waals surface area contributed by atoms with E-state index in [0.29, 0.717) is 42.9 Å². The molecule has 1 amide bonds. The van der Waals surface area contributed by atoms with Gasteiger partial charge in [0.05, 0.1) is 41.5 Å². The zero-order valence-electron chi connectivity index (χ0n) is 20.5. The Hall–Kier alpha value is -4.22. The average molecular weight is 522 g/mol. The average Bonchev–Trinajstić information content (AvgIpc) is 2.94. The summed E-state index contributed by atoms with van der Waals surface area (Å²) < 4.78 is 37.4. The van der Waals surface area contributed by atoms with E-state index in [2.05, 4.69) is 20.0 Å². The number of nitrogens with one attached hydrogen (secondary N) is 1. The number of hydrogen-bond acceptors (Lipinski definition) is 7. The molecular formula is C27H25F2N5O4. The molecule has 0 aliphatic carbocycles. The molecule has 1 aliphatic heterocycles. The predicted octanol–water partition coefficient (Wildman–Crippen LogP) is 3.71. The number of carbonyl (C=O) groups is 1. The molecule has 2 aromatic heterocycles. The van der Waals surface area contributed by atoms with Crippen molar-refractivity contribution in [3.63, 3.8) is 0 Å². The maximum absolute atomic E-state index is 13.3. The topological polar surface area (TPSA) is 98.6 Å². The molecule has 4 aromatic rings. The Labute approximate surface area is 216 Å². The number of benzene rings is 2. The van der Waals surface area contributed by atoms with Crippen LogP contribution in [0.2, 0.25) is 0 Å². The first-order valence-electron chi connectivity index (χ1n) is 12.0. The SMILES string of the molecule is CC(C(=O)Nc1cc(-n2cnc3cc(-c4cccnc4)ccc3c2=O)ccc1OC(F)F)N1CCOCC1. The second-order valence-electron chi connectivity index (χ2n) is 8.77.